The molecule has 2 aromatic carbocycles. The van der Waals surface area contributed by atoms with Crippen molar-refractivity contribution in [1.29, 1.82) is 0 Å². The lowest BCUT2D eigenvalue weighted by Gasteiger charge is -2.06. The van der Waals surface area contributed by atoms with Crippen LogP contribution in [0.3, 0.4) is 0 Å². The Morgan fingerprint density at radius 3 is 2.80 bits per heavy atom. The Morgan fingerprint density at radius 2 is 2.00 bits per heavy atom. The quantitative estimate of drug-likeness (QED) is 0.568. The standard InChI is InChI=1S/C18H12BCl2NO3/c20-13-2-4-15(17(21)7-13)18(23)11-5-6-22(9-11)14-3-1-12-10-25-19(24)16(12)8-14/h1-9,24H,10H2. The number of carbonyl (C=O) groups is 1. The molecule has 1 aliphatic heterocycles. The number of fused-ring (bicyclic) bond motifs is 1. The van der Waals surface area contributed by atoms with Crippen LogP contribution in [-0.4, -0.2) is 22.5 Å². The van der Waals surface area contributed by atoms with Gasteiger partial charge in [-0.15, -0.1) is 0 Å². The van der Waals surface area contributed by atoms with Gasteiger partial charge >= 0.3 is 7.12 Å². The molecule has 0 saturated carbocycles. The van der Waals surface area contributed by atoms with E-state index in [-0.39, 0.29) is 5.78 Å². The number of hydrogen-bond donors (Lipinski definition) is 1. The number of rotatable bonds is 3. The summed E-state index contributed by atoms with van der Waals surface area (Å²) in [4.78, 5) is 12.7. The van der Waals surface area contributed by atoms with Gasteiger partial charge in [0.15, 0.2) is 5.78 Å². The number of halogens is 2. The van der Waals surface area contributed by atoms with Crippen molar-refractivity contribution in [2.75, 3.05) is 0 Å². The van der Waals surface area contributed by atoms with Gasteiger partial charge in [0.25, 0.3) is 0 Å². The molecular weight excluding hydrogens is 360 g/mol. The first-order chi connectivity index (χ1) is 12.0. The number of nitrogens with zero attached hydrogens (tertiary/aromatic N) is 1. The first kappa shape index (κ1) is 16.4. The number of hydrogen-bond acceptors (Lipinski definition) is 3. The summed E-state index contributed by atoms with van der Waals surface area (Å²) in [6.45, 7) is 0.404. The van der Waals surface area contributed by atoms with E-state index in [1.165, 1.54) is 0 Å². The topological polar surface area (TPSA) is 51.5 Å². The predicted octanol–water partition coefficient (Wildman–Crippen LogP) is 3.23. The Kier molecular flexibility index (Phi) is 4.17. The number of aromatic nitrogens is 1. The number of ketones is 1. The van der Waals surface area contributed by atoms with Crippen molar-refractivity contribution in [2.24, 2.45) is 0 Å². The summed E-state index contributed by atoms with van der Waals surface area (Å²) < 4.78 is 7.03. The van der Waals surface area contributed by atoms with Crippen molar-refractivity contribution in [3.63, 3.8) is 0 Å². The Balaban J connectivity index is 1.66. The minimum atomic E-state index is -0.903. The number of benzene rings is 2. The van der Waals surface area contributed by atoms with Gasteiger partial charge in [-0.25, -0.2) is 0 Å². The summed E-state index contributed by atoms with van der Waals surface area (Å²) in [6.07, 6.45) is 3.53. The van der Waals surface area contributed by atoms with E-state index < -0.39 is 7.12 Å². The summed E-state index contributed by atoms with van der Waals surface area (Å²) in [6, 6.07) is 12.2. The second-order valence-corrected chi connectivity index (χ2v) is 6.65. The summed E-state index contributed by atoms with van der Waals surface area (Å²) >= 11 is 12.0. The molecule has 0 radical (unpaired) electrons. The minimum absolute atomic E-state index is 0.176. The summed E-state index contributed by atoms with van der Waals surface area (Å²) in [5.74, 6) is -0.176. The lowest BCUT2D eigenvalue weighted by atomic mass is 9.79. The molecule has 7 heteroatoms. The van der Waals surface area contributed by atoms with Crippen LogP contribution in [-0.2, 0) is 11.3 Å². The van der Waals surface area contributed by atoms with Crippen LogP contribution in [0, 0.1) is 0 Å². The van der Waals surface area contributed by atoms with Gasteiger partial charge in [0.05, 0.1) is 11.6 Å². The SMILES string of the molecule is O=C(c1ccn(-c2ccc3c(c2)B(O)OC3)c1)c1ccc(Cl)cc1Cl. The maximum absolute atomic E-state index is 12.7. The van der Waals surface area contributed by atoms with Gasteiger partial charge < -0.3 is 14.2 Å². The smallest absolute Gasteiger partial charge is 0.423 e. The van der Waals surface area contributed by atoms with Crippen molar-refractivity contribution in [3.05, 3.63) is 81.6 Å². The van der Waals surface area contributed by atoms with Gasteiger partial charge in [-0.3, -0.25) is 4.79 Å². The fourth-order valence-electron chi connectivity index (χ4n) is 2.88. The molecule has 0 saturated heterocycles. The third-order valence-electron chi connectivity index (χ3n) is 4.22. The van der Waals surface area contributed by atoms with Gasteiger partial charge in [0.1, 0.15) is 0 Å². The fourth-order valence-corrected chi connectivity index (χ4v) is 3.38. The highest BCUT2D eigenvalue weighted by molar-refractivity contribution is 6.61. The van der Waals surface area contributed by atoms with E-state index >= 15 is 0 Å². The second kappa shape index (κ2) is 6.35. The van der Waals surface area contributed by atoms with Crippen LogP contribution in [0.4, 0.5) is 0 Å². The van der Waals surface area contributed by atoms with Gasteiger partial charge in [-0.1, -0.05) is 29.3 Å². The minimum Gasteiger partial charge on any atom is -0.423 e. The van der Waals surface area contributed by atoms with Crippen LogP contribution in [0.2, 0.25) is 10.0 Å². The maximum Gasteiger partial charge on any atom is 0.491 e. The first-order valence-electron chi connectivity index (χ1n) is 7.63. The average Bonchev–Trinajstić information content (AvgIpc) is 3.22. The molecule has 1 N–H and O–H groups in total. The average molecular weight is 372 g/mol. The van der Waals surface area contributed by atoms with Crippen LogP contribution in [0.5, 0.6) is 0 Å². The van der Waals surface area contributed by atoms with E-state index in [2.05, 4.69) is 0 Å². The van der Waals surface area contributed by atoms with Crippen LogP contribution in [0.15, 0.2) is 54.9 Å². The first-order valence-corrected chi connectivity index (χ1v) is 8.39. The summed E-state index contributed by atoms with van der Waals surface area (Å²) in [5, 5.41) is 10.6. The van der Waals surface area contributed by atoms with Crippen LogP contribution >= 0.6 is 23.2 Å². The molecule has 0 atom stereocenters. The molecule has 0 amide bonds. The van der Waals surface area contributed by atoms with E-state index in [0.717, 1.165) is 16.7 Å². The Bertz CT molecular complexity index is 986. The molecule has 2 heterocycles. The number of carbonyl (C=O) groups excluding carboxylic acids is 1. The molecule has 4 rings (SSSR count). The largest absolute Gasteiger partial charge is 0.491 e. The second-order valence-electron chi connectivity index (χ2n) is 5.81. The highest BCUT2D eigenvalue weighted by atomic mass is 35.5. The van der Waals surface area contributed by atoms with Crippen molar-refractivity contribution < 1.29 is 14.5 Å². The zero-order valence-electron chi connectivity index (χ0n) is 12.9. The summed E-state index contributed by atoms with van der Waals surface area (Å²) in [7, 11) is -0.903. The van der Waals surface area contributed by atoms with Gasteiger partial charge in [-0.2, -0.15) is 0 Å². The maximum atomic E-state index is 12.7. The van der Waals surface area contributed by atoms with Gasteiger partial charge in [-0.05, 0) is 47.4 Å². The van der Waals surface area contributed by atoms with Crippen molar-refractivity contribution in [1.82, 2.24) is 4.57 Å². The van der Waals surface area contributed by atoms with E-state index in [1.807, 2.05) is 22.8 Å². The molecule has 0 spiro atoms. The third kappa shape index (κ3) is 3.00. The Hall–Kier alpha value is -2.05. The van der Waals surface area contributed by atoms with E-state index in [9.17, 15) is 9.82 Å². The van der Waals surface area contributed by atoms with Crippen LogP contribution in [0.25, 0.3) is 5.69 Å². The Morgan fingerprint density at radius 1 is 1.16 bits per heavy atom. The molecule has 3 aromatic rings. The zero-order chi connectivity index (χ0) is 17.6. The molecule has 4 nitrogen and oxygen atoms in total. The van der Waals surface area contributed by atoms with Crippen LogP contribution in [0.1, 0.15) is 21.5 Å². The van der Waals surface area contributed by atoms with Gasteiger partial charge in [0.2, 0.25) is 0 Å². The monoisotopic (exact) mass is 371 g/mol. The molecule has 1 aliphatic rings. The van der Waals surface area contributed by atoms with E-state index in [4.69, 9.17) is 27.9 Å². The van der Waals surface area contributed by atoms with E-state index in [0.29, 0.717) is 27.8 Å². The van der Waals surface area contributed by atoms with Crippen molar-refractivity contribution >= 4 is 41.6 Å². The molecule has 124 valence electrons. The molecular formula is C18H12BCl2NO3. The normalized spacial score (nSPS) is 13.2. The fraction of sp³-hybridized carbons (Fsp3) is 0.0556. The molecule has 1 aromatic heterocycles. The zero-order valence-corrected chi connectivity index (χ0v) is 14.5. The highest BCUT2D eigenvalue weighted by Crippen LogP contribution is 2.24. The van der Waals surface area contributed by atoms with Crippen molar-refractivity contribution in [3.8, 4) is 5.69 Å². The highest BCUT2D eigenvalue weighted by Gasteiger charge is 2.27. The Labute approximate surface area is 154 Å². The van der Waals surface area contributed by atoms with Gasteiger partial charge in [0, 0.05) is 34.2 Å². The van der Waals surface area contributed by atoms with Crippen LogP contribution < -0.4 is 5.46 Å². The molecule has 25 heavy (non-hydrogen) atoms. The van der Waals surface area contributed by atoms with Crippen molar-refractivity contribution in [2.45, 2.75) is 6.61 Å². The molecule has 0 unspecified atom stereocenters. The van der Waals surface area contributed by atoms with E-state index in [1.54, 1.807) is 36.7 Å². The lowest BCUT2D eigenvalue weighted by Crippen LogP contribution is -2.28. The summed E-state index contributed by atoms with van der Waals surface area (Å²) in [5.41, 5.74) is 3.47. The lowest BCUT2D eigenvalue weighted by molar-refractivity contribution is 0.103. The molecule has 0 aliphatic carbocycles. The molecule has 0 fully saturated rings. The third-order valence-corrected chi connectivity index (χ3v) is 4.77. The predicted molar refractivity (Wildman–Crippen MR) is 98.1 cm³/mol. The molecule has 0 bridgehead atoms.